The summed E-state index contributed by atoms with van der Waals surface area (Å²) in [5.74, 6) is 0.758. The Labute approximate surface area is 134 Å². The molecule has 1 aromatic carbocycles. The Morgan fingerprint density at radius 1 is 1.24 bits per heavy atom. The molecule has 2 aromatic rings. The van der Waals surface area contributed by atoms with E-state index in [9.17, 15) is 0 Å². The first-order chi connectivity index (χ1) is 10.2. The van der Waals surface area contributed by atoms with Gasteiger partial charge in [0.05, 0.1) is 11.6 Å². The van der Waals surface area contributed by atoms with E-state index in [0.717, 1.165) is 30.7 Å². The highest BCUT2D eigenvalue weighted by Gasteiger charge is 2.23. The van der Waals surface area contributed by atoms with Crippen LogP contribution < -0.4 is 10.1 Å². The van der Waals surface area contributed by atoms with Crippen molar-refractivity contribution < 1.29 is 4.74 Å². The predicted octanol–water partition coefficient (Wildman–Crippen LogP) is 4.04. The summed E-state index contributed by atoms with van der Waals surface area (Å²) in [4.78, 5) is 4.03. The Hall–Kier alpha value is -1.29. The van der Waals surface area contributed by atoms with Crippen molar-refractivity contribution in [2.24, 2.45) is 0 Å². The van der Waals surface area contributed by atoms with Crippen LogP contribution in [0.2, 0.25) is 10.0 Å². The first kappa shape index (κ1) is 14.6. The van der Waals surface area contributed by atoms with Gasteiger partial charge >= 0.3 is 0 Å². The molecule has 3 rings (SSSR count). The number of hydrogen-bond donors (Lipinski definition) is 1. The number of benzene rings is 1. The largest absolute Gasteiger partial charge is 0.492 e. The molecule has 0 aliphatic carbocycles. The van der Waals surface area contributed by atoms with Crippen molar-refractivity contribution >= 4 is 23.2 Å². The van der Waals surface area contributed by atoms with E-state index in [1.165, 1.54) is 5.56 Å². The van der Waals surface area contributed by atoms with Gasteiger partial charge in [-0.3, -0.25) is 4.98 Å². The summed E-state index contributed by atoms with van der Waals surface area (Å²) < 4.78 is 5.67. The monoisotopic (exact) mass is 322 g/mol. The molecular formula is C16H16Cl2N2O. The number of aromatic nitrogens is 1. The van der Waals surface area contributed by atoms with Crippen LogP contribution in [0.25, 0.3) is 0 Å². The lowest BCUT2D eigenvalue weighted by atomic mass is 10.00. The average Bonchev–Trinajstić information content (AvgIpc) is 2.49. The van der Waals surface area contributed by atoms with Crippen LogP contribution in [0.3, 0.4) is 0 Å². The summed E-state index contributed by atoms with van der Waals surface area (Å²) >= 11 is 12.3. The molecule has 1 atom stereocenters. The van der Waals surface area contributed by atoms with Crippen LogP contribution in [0.5, 0.6) is 5.75 Å². The fraction of sp³-hybridized carbons (Fsp3) is 0.312. The fourth-order valence-corrected chi connectivity index (χ4v) is 3.14. The topological polar surface area (TPSA) is 34.2 Å². The SMILES string of the molecule is Clc1cc(Cl)c2c(c1)C(NCCc1ccncc1)CCO2. The van der Waals surface area contributed by atoms with E-state index < -0.39 is 0 Å². The van der Waals surface area contributed by atoms with Gasteiger partial charge in [-0.15, -0.1) is 0 Å². The zero-order valence-corrected chi connectivity index (χ0v) is 13.0. The molecule has 3 nitrogen and oxygen atoms in total. The lowest BCUT2D eigenvalue weighted by Crippen LogP contribution is -2.28. The number of nitrogens with one attached hydrogen (secondary N) is 1. The van der Waals surface area contributed by atoms with Crippen LogP contribution in [0.1, 0.15) is 23.6 Å². The van der Waals surface area contributed by atoms with Crippen molar-refractivity contribution in [2.45, 2.75) is 18.9 Å². The second kappa shape index (κ2) is 6.65. The van der Waals surface area contributed by atoms with Gasteiger partial charge in [0.15, 0.2) is 0 Å². The zero-order valence-electron chi connectivity index (χ0n) is 11.5. The molecule has 1 aromatic heterocycles. The van der Waals surface area contributed by atoms with Crippen molar-refractivity contribution in [3.05, 3.63) is 57.8 Å². The van der Waals surface area contributed by atoms with Crippen LogP contribution in [-0.4, -0.2) is 18.1 Å². The normalized spacial score (nSPS) is 17.1. The molecule has 0 saturated carbocycles. The van der Waals surface area contributed by atoms with Gasteiger partial charge < -0.3 is 10.1 Å². The van der Waals surface area contributed by atoms with Crippen LogP contribution >= 0.6 is 23.2 Å². The number of nitrogens with zero attached hydrogens (tertiary/aromatic N) is 1. The van der Waals surface area contributed by atoms with E-state index in [2.05, 4.69) is 10.3 Å². The minimum atomic E-state index is 0.229. The number of halogens is 2. The minimum absolute atomic E-state index is 0.229. The molecule has 110 valence electrons. The van der Waals surface area contributed by atoms with E-state index in [-0.39, 0.29) is 6.04 Å². The van der Waals surface area contributed by atoms with Gasteiger partial charge in [-0.2, -0.15) is 0 Å². The van der Waals surface area contributed by atoms with Crippen LogP contribution in [0.15, 0.2) is 36.7 Å². The summed E-state index contributed by atoms with van der Waals surface area (Å²) in [5.41, 5.74) is 2.32. The maximum atomic E-state index is 6.20. The highest BCUT2D eigenvalue weighted by Crippen LogP contribution is 2.39. The van der Waals surface area contributed by atoms with Crippen molar-refractivity contribution in [3.8, 4) is 5.75 Å². The molecule has 5 heteroatoms. The molecule has 0 radical (unpaired) electrons. The summed E-state index contributed by atoms with van der Waals surface area (Å²) in [7, 11) is 0. The number of rotatable bonds is 4. The van der Waals surface area contributed by atoms with Crippen LogP contribution in [0.4, 0.5) is 0 Å². The van der Waals surface area contributed by atoms with Gasteiger partial charge in [-0.25, -0.2) is 0 Å². The first-order valence-electron chi connectivity index (χ1n) is 6.98. The second-order valence-corrected chi connectivity index (χ2v) is 5.90. The van der Waals surface area contributed by atoms with Gasteiger partial charge in [-0.05, 0) is 42.8 Å². The Balaban J connectivity index is 1.68. The molecule has 2 heterocycles. The maximum absolute atomic E-state index is 6.20. The number of ether oxygens (including phenoxy) is 1. The highest BCUT2D eigenvalue weighted by molar-refractivity contribution is 6.35. The van der Waals surface area contributed by atoms with Crippen molar-refractivity contribution in [1.82, 2.24) is 10.3 Å². The molecule has 0 amide bonds. The summed E-state index contributed by atoms with van der Waals surface area (Å²) in [6.45, 7) is 1.56. The fourth-order valence-electron chi connectivity index (χ4n) is 2.58. The van der Waals surface area contributed by atoms with Gasteiger partial charge in [0.2, 0.25) is 0 Å². The Kier molecular flexibility index (Phi) is 4.63. The third kappa shape index (κ3) is 3.49. The second-order valence-electron chi connectivity index (χ2n) is 5.06. The third-order valence-corrected chi connectivity index (χ3v) is 4.12. The summed E-state index contributed by atoms with van der Waals surface area (Å²) in [6.07, 6.45) is 5.51. The standard InChI is InChI=1S/C16H16Cl2N2O/c17-12-9-13-15(4-8-21-16(13)14(18)10-12)20-7-3-11-1-5-19-6-2-11/h1-2,5-6,9-10,15,20H,3-4,7-8H2. The molecule has 21 heavy (non-hydrogen) atoms. The van der Waals surface area contributed by atoms with E-state index in [1.54, 1.807) is 6.07 Å². The Bertz CT molecular complexity index is 619. The Morgan fingerprint density at radius 2 is 2.05 bits per heavy atom. The van der Waals surface area contributed by atoms with E-state index in [4.69, 9.17) is 27.9 Å². The maximum Gasteiger partial charge on any atom is 0.142 e. The lowest BCUT2D eigenvalue weighted by molar-refractivity contribution is 0.253. The van der Waals surface area contributed by atoms with Gasteiger partial charge in [0.1, 0.15) is 5.75 Å². The highest BCUT2D eigenvalue weighted by atomic mass is 35.5. The smallest absolute Gasteiger partial charge is 0.142 e. The zero-order chi connectivity index (χ0) is 14.7. The molecule has 0 bridgehead atoms. The summed E-state index contributed by atoms with van der Waals surface area (Å²) in [5, 5.41) is 4.79. The molecule has 1 unspecified atom stereocenters. The first-order valence-corrected chi connectivity index (χ1v) is 7.73. The summed E-state index contributed by atoms with van der Waals surface area (Å²) in [6, 6.07) is 7.96. The minimum Gasteiger partial charge on any atom is -0.492 e. The lowest BCUT2D eigenvalue weighted by Gasteiger charge is -2.27. The van der Waals surface area contributed by atoms with Crippen molar-refractivity contribution in [1.29, 1.82) is 0 Å². The van der Waals surface area contributed by atoms with Gasteiger partial charge in [0.25, 0.3) is 0 Å². The van der Waals surface area contributed by atoms with Crippen molar-refractivity contribution in [2.75, 3.05) is 13.2 Å². The Morgan fingerprint density at radius 3 is 2.86 bits per heavy atom. The molecule has 0 fully saturated rings. The molecule has 1 aliphatic heterocycles. The molecule has 0 spiro atoms. The van der Waals surface area contributed by atoms with Gasteiger partial charge in [-0.1, -0.05) is 23.2 Å². The van der Waals surface area contributed by atoms with Crippen molar-refractivity contribution in [3.63, 3.8) is 0 Å². The quantitative estimate of drug-likeness (QED) is 0.922. The average molecular weight is 323 g/mol. The number of hydrogen-bond acceptors (Lipinski definition) is 3. The molecule has 1 N–H and O–H groups in total. The van der Waals surface area contributed by atoms with Crippen LogP contribution in [-0.2, 0) is 6.42 Å². The molecular weight excluding hydrogens is 307 g/mol. The van der Waals surface area contributed by atoms with E-state index >= 15 is 0 Å². The van der Waals surface area contributed by atoms with E-state index in [0.29, 0.717) is 16.7 Å². The molecule has 1 aliphatic rings. The number of pyridine rings is 1. The third-order valence-electron chi connectivity index (χ3n) is 3.62. The van der Waals surface area contributed by atoms with E-state index in [1.807, 2.05) is 30.6 Å². The number of fused-ring (bicyclic) bond motifs is 1. The molecule has 0 saturated heterocycles. The van der Waals surface area contributed by atoms with Crippen LogP contribution in [0, 0.1) is 0 Å². The van der Waals surface area contributed by atoms with Gasteiger partial charge in [0, 0.05) is 35.4 Å². The predicted molar refractivity (Wildman–Crippen MR) is 85.3 cm³/mol.